The largest absolute Gasteiger partial charge is 0.497 e. The molecule has 0 bridgehead atoms. The van der Waals surface area contributed by atoms with E-state index in [1.54, 1.807) is 31.4 Å². The van der Waals surface area contributed by atoms with E-state index in [1.807, 2.05) is 19.1 Å². The Balaban J connectivity index is 2.09. The van der Waals surface area contributed by atoms with E-state index in [0.29, 0.717) is 28.3 Å². The van der Waals surface area contributed by atoms with Crippen LogP contribution < -0.4 is 4.74 Å². The lowest BCUT2D eigenvalue weighted by molar-refractivity contribution is 0.0600. The molecule has 1 aromatic heterocycles. The number of hydrogen-bond donors (Lipinski definition) is 0. The smallest absolute Gasteiger partial charge is 0.337 e. The molecule has 3 rings (SSSR count). The third-order valence-corrected chi connectivity index (χ3v) is 3.71. The highest BCUT2D eigenvalue weighted by molar-refractivity contribution is 5.91. The van der Waals surface area contributed by atoms with Gasteiger partial charge in [-0.3, -0.25) is 0 Å². The molecule has 0 radical (unpaired) electrons. The molecule has 0 saturated carbocycles. The molecular weight excluding hydrogens is 306 g/mol. The van der Waals surface area contributed by atoms with Crippen LogP contribution in [0.1, 0.15) is 22.8 Å². The minimum absolute atomic E-state index is 0.381. The number of allylic oxidation sites excluding steroid dienone is 1. The minimum atomic E-state index is -0.381. The SMILES string of the molecule is C=C(C)c1cc(OC)cc2nc(-c3ccc(C(=O)OC)cc3)oc12. The van der Waals surface area contributed by atoms with Crippen LogP contribution in [0.4, 0.5) is 0 Å². The molecule has 122 valence electrons. The van der Waals surface area contributed by atoms with Crippen LogP contribution in [0.5, 0.6) is 5.75 Å². The molecule has 0 saturated heterocycles. The molecule has 0 spiro atoms. The maximum absolute atomic E-state index is 11.5. The highest BCUT2D eigenvalue weighted by atomic mass is 16.5. The molecule has 0 amide bonds. The van der Waals surface area contributed by atoms with Gasteiger partial charge in [-0.25, -0.2) is 9.78 Å². The van der Waals surface area contributed by atoms with Crippen molar-refractivity contribution >= 4 is 22.6 Å². The molecule has 1 heterocycles. The number of carbonyl (C=O) groups excluding carboxylic acids is 1. The zero-order valence-corrected chi connectivity index (χ0v) is 13.8. The number of methoxy groups -OCH3 is 2. The van der Waals surface area contributed by atoms with Crippen LogP contribution in [0.25, 0.3) is 28.1 Å². The molecule has 5 heteroatoms. The molecule has 5 nitrogen and oxygen atoms in total. The molecule has 0 atom stereocenters. The Labute approximate surface area is 139 Å². The number of benzene rings is 2. The second-order valence-electron chi connectivity index (χ2n) is 5.39. The van der Waals surface area contributed by atoms with Crippen molar-refractivity contribution in [2.45, 2.75) is 6.92 Å². The summed E-state index contributed by atoms with van der Waals surface area (Å²) < 4.78 is 15.9. The standard InChI is InChI=1S/C19H17NO4/c1-11(2)15-9-14(22-3)10-16-17(15)24-18(20-16)12-5-7-13(8-6-12)19(21)23-4/h5-10H,1H2,2-4H3. The first-order valence-corrected chi connectivity index (χ1v) is 7.36. The fourth-order valence-electron chi connectivity index (χ4n) is 2.43. The molecule has 0 aliphatic carbocycles. The number of rotatable bonds is 4. The number of carbonyl (C=O) groups is 1. The summed E-state index contributed by atoms with van der Waals surface area (Å²) in [4.78, 5) is 16.0. The maximum atomic E-state index is 11.5. The predicted molar refractivity (Wildman–Crippen MR) is 92.0 cm³/mol. The van der Waals surface area contributed by atoms with Crippen molar-refractivity contribution < 1.29 is 18.7 Å². The van der Waals surface area contributed by atoms with Crippen LogP contribution in [-0.2, 0) is 4.74 Å². The van der Waals surface area contributed by atoms with Gasteiger partial charge in [-0.1, -0.05) is 6.58 Å². The fourth-order valence-corrected chi connectivity index (χ4v) is 2.43. The topological polar surface area (TPSA) is 61.6 Å². The number of fused-ring (bicyclic) bond motifs is 1. The maximum Gasteiger partial charge on any atom is 0.337 e. The highest BCUT2D eigenvalue weighted by Gasteiger charge is 2.15. The van der Waals surface area contributed by atoms with E-state index in [0.717, 1.165) is 16.7 Å². The van der Waals surface area contributed by atoms with Crippen molar-refractivity contribution in [3.63, 3.8) is 0 Å². The van der Waals surface area contributed by atoms with Gasteiger partial charge in [-0.2, -0.15) is 0 Å². The molecule has 24 heavy (non-hydrogen) atoms. The number of oxazole rings is 1. The van der Waals surface area contributed by atoms with Crippen LogP contribution >= 0.6 is 0 Å². The Morgan fingerprint density at radius 2 is 1.88 bits per heavy atom. The molecule has 0 unspecified atom stereocenters. The number of esters is 1. The molecule has 0 aliphatic rings. The second kappa shape index (κ2) is 6.20. The van der Waals surface area contributed by atoms with Crippen molar-refractivity contribution in [1.82, 2.24) is 4.98 Å². The van der Waals surface area contributed by atoms with Crippen LogP contribution in [0, 0.1) is 0 Å². The van der Waals surface area contributed by atoms with Gasteiger partial charge in [0, 0.05) is 17.2 Å². The third-order valence-electron chi connectivity index (χ3n) is 3.71. The van der Waals surface area contributed by atoms with Crippen molar-refractivity contribution in [2.75, 3.05) is 14.2 Å². The van der Waals surface area contributed by atoms with E-state index < -0.39 is 0 Å². The molecule has 0 aliphatic heterocycles. The number of ether oxygens (including phenoxy) is 2. The first kappa shape index (κ1) is 15.8. The summed E-state index contributed by atoms with van der Waals surface area (Å²) in [6, 6.07) is 10.6. The Kier molecular flexibility index (Phi) is 4.08. The van der Waals surface area contributed by atoms with Crippen molar-refractivity contribution in [1.29, 1.82) is 0 Å². The monoisotopic (exact) mass is 323 g/mol. The van der Waals surface area contributed by atoms with Crippen LogP contribution in [0.15, 0.2) is 47.4 Å². The predicted octanol–water partition coefficient (Wildman–Crippen LogP) is 4.32. The van der Waals surface area contributed by atoms with Gasteiger partial charge in [-0.15, -0.1) is 0 Å². The normalized spacial score (nSPS) is 10.6. The summed E-state index contributed by atoms with van der Waals surface area (Å²) in [7, 11) is 2.96. The Bertz CT molecular complexity index is 922. The van der Waals surface area contributed by atoms with Gasteiger partial charge in [0.05, 0.1) is 19.8 Å². The molecular formula is C19H17NO4. The van der Waals surface area contributed by atoms with E-state index in [1.165, 1.54) is 7.11 Å². The van der Waals surface area contributed by atoms with E-state index in [2.05, 4.69) is 11.6 Å². The van der Waals surface area contributed by atoms with Crippen LogP contribution in [0.3, 0.4) is 0 Å². The lowest BCUT2D eigenvalue weighted by Crippen LogP contribution is -2.00. The van der Waals surface area contributed by atoms with Gasteiger partial charge in [0.1, 0.15) is 11.3 Å². The summed E-state index contributed by atoms with van der Waals surface area (Å²) in [6.07, 6.45) is 0. The summed E-state index contributed by atoms with van der Waals surface area (Å²) in [5.74, 6) is 0.784. The van der Waals surface area contributed by atoms with Gasteiger partial charge in [0.15, 0.2) is 5.58 Å². The molecule has 0 N–H and O–H groups in total. The Hall–Kier alpha value is -3.08. The average Bonchev–Trinajstić information content (AvgIpc) is 3.03. The lowest BCUT2D eigenvalue weighted by atomic mass is 10.1. The first-order valence-electron chi connectivity index (χ1n) is 7.36. The molecule has 2 aromatic carbocycles. The molecule has 0 fully saturated rings. The first-order chi connectivity index (χ1) is 11.5. The van der Waals surface area contributed by atoms with Gasteiger partial charge in [0.2, 0.25) is 5.89 Å². The molecule has 3 aromatic rings. The van der Waals surface area contributed by atoms with Crippen molar-refractivity contribution in [2.24, 2.45) is 0 Å². The summed E-state index contributed by atoms with van der Waals surface area (Å²) in [5.41, 5.74) is 4.32. The zero-order chi connectivity index (χ0) is 17.3. The van der Waals surface area contributed by atoms with E-state index in [9.17, 15) is 4.79 Å². The van der Waals surface area contributed by atoms with Crippen LogP contribution in [0.2, 0.25) is 0 Å². The third kappa shape index (κ3) is 2.76. The number of nitrogens with zero attached hydrogens (tertiary/aromatic N) is 1. The van der Waals surface area contributed by atoms with Gasteiger partial charge >= 0.3 is 5.97 Å². The fraction of sp³-hybridized carbons (Fsp3) is 0.158. The van der Waals surface area contributed by atoms with Crippen molar-refractivity contribution in [3.05, 3.63) is 54.1 Å². The zero-order valence-electron chi connectivity index (χ0n) is 13.8. The highest BCUT2D eigenvalue weighted by Crippen LogP contribution is 2.33. The average molecular weight is 323 g/mol. The van der Waals surface area contributed by atoms with Gasteiger partial charge in [0.25, 0.3) is 0 Å². The summed E-state index contributed by atoms with van der Waals surface area (Å²) >= 11 is 0. The Morgan fingerprint density at radius 1 is 1.17 bits per heavy atom. The lowest BCUT2D eigenvalue weighted by Gasteiger charge is -2.04. The van der Waals surface area contributed by atoms with E-state index in [-0.39, 0.29) is 5.97 Å². The Morgan fingerprint density at radius 3 is 2.46 bits per heavy atom. The van der Waals surface area contributed by atoms with E-state index in [4.69, 9.17) is 13.9 Å². The number of hydrogen-bond acceptors (Lipinski definition) is 5. The van der Waals surface area contributed by atoms with E-state index >= 15 is 0 Å². The summed E-state index contributed by atoms with van der Waals surface area (Å²) in [5, 5.41) is 0. The van der Waals surface area contributed by atoms with Gasteiger partial charge < -0.3 is 13.9 Å². The quantitative estimate of drug-likeness (QED) is 0.669. The van der Waals surface area contributed by atoms with Crippen LogP contribution in [-0.4, -0.2) is 25.2 Å². The van der Waals surface area contributed by atoms with Gasteiger partial charge in [-0.05, 0) is 42.8 Å². The second-order valence-corrected chi connectivity index (χ2v) is 5.39. The van der Waals surface area contributed by atoms with Crippen molar-refractivity contribution in [3.8, 4) is 17.2 Å². The minimum Gasteiger partial charge on any atom is -0.497 e. The summed E-state index contributed by atoms with van der Waals surface area (Å²) in [6.45, 7) is 5.88. The number of aromatic nitrogens is 1.